The summed E-state index contributed by atoms with van der Waals surface area (Å²) in [7, 11) is 1.93. The topological polar surface area (TPSA) is 55.1 Å². The van der Waals surface area contributed by atoms with E-state index in [9.17, 15) is 4.79 Å². The Morgan fingerprint density at radius 1 is 1.45 bits per heavy atom. The molecule has 20 heavy (non-hydrogen) atoms. The molecule has 0 unspecified atom stereocenters. The van der Waals surface area contributed by atoms with Gasteiger partial charge in [0, 0.05) is 18.9 Å². The molecule has 1 aromatic heterocycles. The first-order chi connectivity index (χ1) is 9.54. The third-order valence-electron chi connectivity index (χ3n) is 2.72. The molecule has 104 valence electrons. The first kappa shape index (κ1) is 14.4. The molecular formula is C15H16N2O2S. The summed E-state index contributed by atoms with van der Waals surface area (Å²) in [5.41, 5.74) is 3.06. The van der Waals surface area contributed by atoms with E-state index < -0.39 is 5.97 Å². The van der Waals surface area contributed by atoms with Crippen molar-refractivity contribution in [3.05, 3.63) is 53.2 Å². The Morgan fingerprint density at radius 2 is 2.25 bits per heavy atom. The van der Waals surface area contributed by atoms with Crippen molar-refractivity contribution in [1.82, 2.24) is 9.78 Å². The molecule has 0 radical (unpaired) electrons. The lowest BCUT2D eigenvalue weighted by Gasteiger charge is -2.03. The van der Waals surface area contributed by atoms with Gasteiger partial charge in [0.05, 0.1) is 10.7 Å². The summed E-state index contributed by atoms with van der Waals surface area (Å²) in [6.45, 7) is 1.97. The van der Waals surface area contributed by atoms with Crippen LogP contribution in [0.1, 0.15) is 16.8 Å². The molecule has 1 heterocycles. The number of carboxylic acid groups (broad SMARTS) is 1. The number of aryl methyl sites for hydroxylation is 2. The Labute approximate surface area is 122 Å². The van der Waals surface area contributed by atoms with E-state index in [1.807, 2.05) is 42.9 Å². The van der Waals surface area contributed by atoms with E-state index >= 15 is 0 Å². The van der Waals surface area contributed by atoms with Crippen molar-refractivity contribution in [2.24, 2.45) is 7.05 Å². The normalized spacial score (nSPS) is 11.1. The zero-order valence-corrected chi connectivity index (χ0v) is 12.2. The van der Waals surface area contributed by atoms with E-state index in [1.54, 1.807) is 17.8 Å². The largest absolute Gasteiger partial charge is 0.478 e. The number of aromatic nitrogens is 2. The van der Waals surface area contributed by atoms with Crippen molar-refractivity contribution in [1.29, 1.82) is 0 Å². The van der Waals surface area contributed by atoms with Gasteiger partial charge in [-0.1, -0.05) is 24.3 Å². The number of benzene rings is 1. The number of rotatable bonds is 5. The lowest BCUT2D eigenvalue weighted by molar-refractivity contribution is -0.131. The second kappa shape index (κ2) is 6.43. The molecular weight excluding hydrogens is 272 g/mol. The van der Waals surface area contributed by atoms with E-state index in [1.165, 1.54) is 0 Å². The Balaban J connectivity index is 2.04. The van der Waals surface area contributed by atoms with Crippen LogP contribution in [0.4, 0.5) is 0 Å². The van der Waals surface area contributed by atoms with Crippen LogP contribution in [0, 0.1) is 6.92 Å². The van der Waals surface area contributed by atoms with Crippen LogP contribution in [0.15, 0.2) is 41.4 Å². The fraction of sp³-hybridized carbons (Fsp3) is 0.200. The number of nitrogens with zero attached hydrogens (tertiary/aromatic N) is 2. The first-order valence-electron chi connectivity index (χ1n) is 6.18. The maximum atomic E-state index is 10.5. The van der Waals surface area contributed by atoms with Crippen LogP contribution in [-0.2, 0) is 17.6 Å². The summed E-state index contributed by atoms with van der Waals surface area (Å²) in [4.78, 5) is 10.5. The molecule has 0 saturated carbocycles. The molecule has 0 spiro atoms. The van der Waals surface area contributed by atoms with E-state index in [2.05, 4.69) is 11.2 Å². The minimum Gasteiger partial charge on any atom is -0.478 e. The highest BCUT2D eigenvalue weighted by atomic mass is 32.2. The number of thioether (sulfide) groups is 1. The lowest BCUT2D eigenvalue weighted by atomic mass is 10.1. The van der Waals surface area contributed by atoms with E-state index in [4.69, 9.17) is 5.11 Å². The van der Waals surface area contributed by atoms with Crippen molar-refractivity contribution < 1.29 is 9.90 Å². The zero-order valence-electron chi connectivity index (χ0n) is 11.4. The van der Waals surface area contributed by atoms with Crippen LogP contribution in [0.2, 0.25) is 0 Å². The minimum absolute atomic E-state index is 0.827. The fourth-order valence-electron chi connectivity index (χ4n) is 1.83. The SMILES string of the molecule is Cc1cc(SCc2cccc(C=CC(=O)O)c2)n(C)n1. The van der Waals surface area contributed by atoms with E-state index in [-0.39, 0.29) is 0 Å². The van der Waals surface area contributed by atoms with Crippen molar-refractivity contribution in [3.63, 3.8) is 0 Å². The average Bonchev–Trinajstić information content (AvgIpc) is 2.73. The molecule has 0 aliphatic rings. The first-order valence-corrected chi connectivity index (χ1v) is 7.16. The van der Waals surface area contributed by atoms with Gasteiger partial charge in [-0.25, -0.2) is 4.79 Å². The van der Waals surface area contributed by atoms with Crippen LogP contribution in [0.25, 0.3) is 6.08 Å². The summed E-state index contributed by atoms with van der Waals surface area (Å²) in [6.07, 6.45) is 2.75. The molecule has 0 saturated heterocycles. The van der Waals surface area contributed by atoms with Gasteiger partial charge in [0.25, 0.3) is 0 Å². The second-order valence-corrected chi connectivity index (χ2v) is 5.45. The molecule has 0 bridgehead atoms. The monoisotopic (exact) mass is 288 g/mol. The summed E-state index contributed by atoms with van der Waals surface area (Å²) < 4.78 is 1.87. The predicted molar refractivity (Wildman–Crippen MR) is 80.6 cm³/mol. The van der Waals surface area contributed by atoms with Gasteiger partial charge in [-0.2, -0.15) is 5.10 Å². The number of aliphatic carboxylic acids is 1. The van der Waals surface area contributed by atoms with Crippen LogP contribution >= 0.6 is 11.8 Å². The summed E-state index contributed by atoms with van der Waals surface area (Å²) in [5.74, 6) is -0.108. The fourth-order valence-corrected chi connectivity index (χ4v) is 2.81. The summed E-state index contributed by atoms with van der Waals surface area (Å²) in [6, 6.07) is 9.91. The van der Waals surface area contributed by atoms with Crippen LogP contribution in [0.5, 0.6) is 0 Å². The minimum atomic E-state index is -0.935. The molecule has 0 aliphatic carbocycles. The molecule has 0 atom stereocenters. The molecule has 2 rings (SSSR count). The Bertz CT molecular complexity index is 647. The maximum absolute atomic E-state index is 10.5. The van der Waals surface area contributed by atoms with Gasteiger partial charge in [-0.3, -0.25) is 4.68 Å². The van der Waals surface area contributed by atoms with Crippen LogP contribution in [0.3, 0.4) is 0 Å². The summed E-state index contributed by atoms with van der Waals surface area (Å²) >= 11 is 1.71. The van der Waals surface area contributed by atoms with Crippen molar-refractivity contribution in [2.45, 2.75) is 17.7 Å². The summed E-state index contributed by atoms with van der Waals surface area (Å²) in [5, 5.41) is 14.1. The number of hydrogen-bond acceptors (Lipinski definition) is 3. The third kappa shape index (κ3) is 3.99. The van der Waals surface area contributed by atoms with Crippen molar-refractivity contribution in [2.75, 3.05) is 0 Å². The molecule has 4 nitrogen and oxygen atoms in total. The molecule has 0 amide bonds. The second-order valence-electron chi connectivity index (χ2n) is 4.45. The Morgan fingerprint density at radius 3 is 2.90 bits per heavy atom. The molecule has 1 aromatic carbocycles. The van der Waals surface area contributed by atoms with E-state index in [0.29, 0.717) is 0 Å². The number of carboxylic acids is 1. The Hall–Kier alpha value is -2.01. The van der Waals surface area contributed by atoms with Gasteiger partial charge in [0.1, 0.15) is 0 Å². The standard InChI is InChI=1S/C15H16N2O2S/c1-11-8-14(17(2)16-11)20-10-13-5-3-4-12(9-13)6-7-15(18)19/h3-9H,10H2,1-2H3,(H,18,19). The highest BCUT2D eigenvalue weighted by molar-refractivity contribution is 7.98. The van der Waals surface area contributed by atoms with Gasteiger partial charge in [0.2, 0.25) is 0 Å². The molecule has 2 aromatic rings. The van der Waals surface area contributed by atoms with Crippen LogP contribution < -0.4 is 0 Å². The van der Waals surface area contributed by atoms with Crippen molar-refractivity contribution >= 4 is 23.8 Å². The molecule has 0 aliphatic heterocycles. The van der Waals surface area contributed by atoms with Gasteiger partial charge < -0.3 is 5.11 Å². The number of carbonyl (C=O) groups is 1. The molecule has 1 N–H and O–H groups in total. The Kier molecular flexibility index (Phi) is 4.63. The quantitative estimate of drug-likeness (QED) is 0.678. The average molecular weight is 288 g/mol. The zero-order chi connectivity index (χ0) is 14.5. The smallest absolute Gasteiger partial charge is 0.328 e. The maximum Gasteiger partial charge on any atom is 0.328 e. The van der Waals surface area contributed by atoms with Crippen molar-refractivity contribution in [3.8, 4) is 0 Å². The highest BCUT2D eigenvalue weighted by Gasteiger charge is 2.03. The van der Waals surface area contributed by atoms with E-state index in [0.717, 1.165) is 33.7 Å². The highest BCUT2D eigenvalue weighted by Crippen LogP contribution is 2.23. The van der Waals surface area contributed by atoms with Gasteiger partial charge >= 0.3 is 5.97 Å². The lowest BCUT2D eigenvalue weighted by Crippen LogP contribution is -1.93. The third-order valence-corrected chi connectivity index (χ3v) is 3.87. The van der Waals surface area contributed by atoms with Gasteiger partial charge in [-0.15, -0.1) is 11.8 Å². The van der Waals surface area contributed by atoms with Gasteiger partial charge in [-0.05, 0) is 30.2 Å². The molecule has 5 heteroatoms. The van der Waals surface area contributed by atoms with Crippen LogP contribution in [-0.4, -0.2) is 20.9 Å². The van der Waals surface area contributed by atoms with Gasteiger partial charge in [0.15, 0.2) is 0 Å². The molecule has 0 fully saturated rings. The number of hydrogen-bond donors (Lipinski definition) is 1. The predicted octanol–water partition coefficient (Wildman–Crippen LogP) is 3.12.